The van der Waals surface area contributed by atoms with Crippen molar-refractivity contribution in [2.45, 2.75) is 64.5 Å². The number of rotatable bonds is 5. The van der Waals surface area contributed by atoms with Crippen LogP contribution in [-0.2, 0) is 11.3 Å². The van der Waals surface area contributed by atoms with Crippen molar-refractivity contribution in [2.75, 3.05) is 5.73 Å². The number of carbonyl (C=O) groups is 1. The van der Waals surface area contributed by atoms with E-state index >= 15 is 0 Å². The van der Waals surface area contributed by atoms with Gasteiger partial charge in [-0.2, -0.15) is 0 Å². The van der Waals surface area contributed by atoms with E-state index in [1.807, 2.05) is 28.8 Å². The smallest absolute Gasteiger partial charge is 0.344 e. The summed E-state index contributed by atoms with van der Waals surface area (Å²) in [6, 6.07) is 7.68. The van der Waals surface area contributed by atoms with Gasteiger partial charge >= 0.3 is 5.97 Å². The molecule has 0 radical (unpaired) electrons. The lowest BCUT2D eigenvalue weighted by Crippen LogP contribution is -2.21. The molecule has 2 heterocycles. The molecule has 0 saturated heterocycles. The molecule has 1 aliphatic carbocycles. The van der Waals surface area contributed by atoms with E-state index in [1.165, 1.54) is 6.42 Å². The molecule has 6 nitrogen and oxygen atoms in total. The molecule has 0 atom stereocenters. The number of unbranched alkanes of at least 4 members (excludes halogenated alkanes) is 1. The Morgan fingerprint density at radius 3 is 2.59 bits per heavy atom. The summed E-state index contributed by atoms with van der Waals surface area (Å²) in [6.45, 7) is 2.84. The lowest BCUT2D eigenvalue weighted by atomic mass is 9.98. The number of nitrogens with zero attached hydrogens (tertiary/aromatic N) is 3. The standard InChI is InChI=1S/C21H26N4O2/c1-2-3-13-25-19(22)17(21(26)27-14-9-5-4-6-10-14)18-20(25)24-16-12-8-7-11-15(16)23-18/h7-8,11-12,14H,2-6,9-10,13,22H2,1H3. The van der Waals surface area contributed by atoms with Crippen molar-refractivity contribution in [1.82, 2.24) is 14.5 Å². The van der Waals surface area contributed by atoms with E-state index in [4.69, 9.17) is 20.4 Å². The Kier molecular flexibility index (Phi) is 4.97. The third kappa shape index (κ3) is 3.36. The fraction of sp³-hybridized carbons (Fsp3) is 0.476. The van der Waals surface area contributed by atoms with Crippen molar-refractivity contribution in [2.24, 2.45) is 0 Å². The first-order chi connectivity index (χ1) is 13.2. The second-order valence-electron chi connectivity index (χ2n) is 7.32. The van der Waals surface area contributed by atoms with Gasteiger partial charge in [0, 0.05) is 6.54 Å². The van der Waals surface area contributed by atoms with Crippen LogP contribution in [0.25, 0.3) is 22.2 Å². The van der Waals surface area contributed by atoms with Gasteiger partial charge in [-0.3, -0.25) is 0 Å². The number of esters is 1. The van der Waals surface area contributed by atoms with Crippen LogP contribution in [-0.4, -0.2) is 26.6 Å². The van der Waals surface area contributed by atoms with Crippen LogP contribution in [0.4, 0.5) is 5.82 Å². The van der Waals surface area contributed by atoms with Gasteiger partial charge in [-0.1, -0.05) is 31.9 Å². The molecule has 1 saturated carbocycles. The maximum absolute atomic E-state index is 13.0. The number of ether oxygens (including phenoxy) is 1. The van der Waals surface area contributed by atoms with Gasteiger partial charge in [0.25, 0.3) is 0 Å². The average Bonchev–Trinajstić information content (AvgIpc) is 2.95. The molecular weight excluding hydrogens is 340 g/mol. The molecule has 0 aliphatic heterocycles. The van der Waals surface area contributed by atoms with Gasteiger partial charge in [0.2, 0.25) is 0 Å². The van der Waals surface area contributed by atoms with Crippen molar-refractivity contribution in [3.05, 3.63) is 29.8 Å². The molecule has 0 unspecified atom stereocenters. The van der Waals surface area contributed by atoms with Gasteiger partial charge in [0.1, 0.15) is 23.0 Å². The molecule has 3 aromatic rings. The first-order valence-corrected chi connectivity index (χ1v) is 9.94. The molecular formula is C21H26N4O2. The van der Waals surface area contributed by atoms with Crippen LogP contribution >= 0.6 is 0 Å². The van der Waals surface area contributed by atoms with Crippen LogP contribution in [0.2, 0.25) is 0 Å². The predicted octanol–water partition coefficient (Wildman–Crippen LogP) is 4.46. The summed E-state index contributed by atoms with van der Waals surface area (Å²) in [6.07, 6.45) is 7.24. The predicted molar refractivity (Wildman–Crippen MR) is 107 cm³/mol. The minimum atomic E-state index is -0.371. The van der Waals surface area contributed by atoms with Gasteiger partial charge in [0.05, 0.1) is 11.0 Å². The minimum absolute atomic E-state index is 0.0203. The summed E-state index contributed by atoms with van der Waals surface area (Å²) in [7, 11) is 0. The number of aromatic nitrogens is 3. The summed E-state index contributed by atoms with van der Waals surface area (Å²) in [5.41, 5.74) is 9.53. The molecule has 1 aromatic carbocycles. The van der Waals surface area contributed by atoms with Crippen LogP contribution in [0.15, 0.2) is 24.3 Å². The highest BCUT2D eigenvalue weighted by Crippen LogP contribution is 2.30. The highest BCUT2D eigenvalue weighted by Gasteiger charge is 2.27. The molecule has 2 aromatic heterocycles. The first kappa shape index (κ1) is 17.8. The van der Waals surface area contributed by atoms with Gasteiger partial charge in [0.15, 0.2) is 5.65 Å². The van der Waals surface area contributed by atoms with E-state index in [1.54, 1.807) is 0 Å². The number of nitrogen functional groups attached to an aromatic ring is 1. The molecule has 6 heteroatoms. The zero-order valence-corrected chi connectivity index (χ0v) is 15.8. The zero-order valence-electron chi connectivity index (χ0n) is 15.8. The van der Waals surface area contributed by atoms with Crippen LogP contribution in [0.5, 0.6) is 0 Å². The number of para-hydroxylation sites is 2. The lowest BCUT2D eigenvalue weighted by Gasteiger charge is -2.21. The largest absolute Gasteiger partial charge is 0.459 e. The van der Waals surface area contributed by atoms with E-state index in [-0.39, 0.29) is 12.1 Å². The topological polar surface area (TPSA) is 83.0 Å². The van der Waals surface area contributed by atoms with Crippen LogP contribution < -0.4 is 5.73 Å². The van der Waals surface area contributed by atoms with Gasteiger partial charge in [-0.25, -0.2) is 14.8 Å². The van der Waals surface area contributed by atoms with E-state index < -0.39 is 0 Å². The van der Waals surface area contributed by atoms with E-state index in [9.17, 15) is 4.79 Å². The van der Waals surface area contributed by atoms with Gasteiger partial charge < -0.3 is 15.0 Å². The number of fused-ring (bicyclic) bond motifs is 2. The summed E-state index contributed by atoms with van der Waals surface area (Å²) >= 11 is 0. The number of benzene rings is 1. The fourth-order valence-corrected chi connectivity index (χ4v) is 3.85. The molecule has 4 rings (SSSR count). The summed E-state index contributed by atoms with van der Waals surface area (Å²) in [5, 5.41) is 0. The second-order valence-corrected chi connectivity index (χ2v) is 7.32. The normalized spacial score (nSPS) is 15.4. The number of carbonyl (C=O) groups excluding carboxylic acids is 1. The van der Waals surface area contributed by atoms with Crippen LogP contribution in [0, 0.1) is 0 Å². The van der Waals surface area contributed by atoms with Crippen molar-refractivity contribution >= 4 is 34.0 Å². The van der Waals surface area contributed by atoms with E-state index in [2.05, 4.69) is 6.92 Å². The number of anilines is 1. The van der Waals surface area contributed by atoms with Gasteiger partial charge in [-0.05, 0) is 44.2 Å². The maximum atomic E-state index is 13.0. The quantitative estimate of drug-likeness (QED) is 0.674. The summed E-state index contributed by atoms with van der Waals surface area (Å²) in [4.78, 5) is 22.5. The van der Waals surface area contributed by atoms with Crippen LogP contribution in [0.1, 0.15) is 62.2 Å². The average molecular weight is 366 g/mol. The van der Waals surface area contributed by atoms with Crippen molar-refractivity contribution in [3.63, 3.8) is 0 Å². The Labute approximate surface area is 158 Å². The second kappa shape index (κ2) is 7.55. The Hall–Kier alpha value is -2.63. The molecule has 142 valence electrons. The fourth-order valence-electron chi connectivity index (χ4n) is 3.85. The van der Waals surface area contributed by atoms with Gasteiger partial charge in [-0.15, -0.1) is 0 Å². The molecule has 0 bridgehead atoms. The number of nitrogens with two attached hydrogens (primary N) is 1. The minimum Gasteiger partial charge on any atom is -0.459 e. The van der Waals surface area contributed by atoms with E-state index in [0.717, 1.165) is 49.6 Å². The first-order valence-electron chi connectivity index (χ1n) is 9.94. The van der Waals surface area contributed by atoms with E-state index in [0.29, 0.717) is 29.1 Å². The number of hydrogen-bond acceptors (Lipinski definition) is 5. The molecule has 27 heavy (non-hydrogen) atoms. The lowest BCUT2D eigenvalue weighted by molar-refractivity contribution is 0.0214. The van der Waals surface area contributed by atoms with Crippen LogP contribution in [0.3, 0.4) is 0 Å². The number of aryl methyl sites for hydroxylation is 1. The summed E-state index contributed by atoms with van der Waals surface area (Å²) < 4.78 is 7.71. The SMILES string of the molecule is CCCCn1c(N)c(C(=O)OC2CCCCC2)c2nc3ccccc3nc21. The molecule has 2 N–H and O–H groups in total. The molecule has 0 spiro atoms. The third-order valence-corrected chi connectivity index (χ3v) is 5.36. The summed E-state index contributed by atoms with van der Waals surface area (Å²) in [5.74, 6) is 0.0406. The Morgan fingerprint density at radius 2 is 1.89 bits per heavy atom. The third-order valence-electron chi connectivity index (χ3n) is 5.36. The highest BCUT2D eigenvalue weighted by molar-refractivity contribution is 6.08. The van der Waals surface area contributed by atoms with Crippen molar-refractivity contribution in [1.29, 1.82) is 0 Å². The monoisotopic (exact) mass is 366 g/mol. The number of hydrogen-bond donors (Lipinski definition) is 1. The Balaban J connectivity index is 1.81. The molecule has 1 aliphatic rings. The van der Waals surface area contributed by atoms with Crippen molar-refractivity contribution in [3.8, 4) is 0 Å². The van der Waals surface area contributed by atoms with Crippen molar-refractivity contribution < 1.29 is 9.53 Å². The Morgan fingerprint density at radius 1 is 1.19 bits per heavy atom. The highest BCUT2D eigenvalue weighted by atomic mass is 16.5. The Bertz CT molecular complexity index is 973. The molecule has 1 fully saturated rings. The zero-order chi connectivity index (χ0) is 18.8. The molecule has 0 amide bonds. The maximum Gasteiger partial charge on any atom is 0.344 e.